The van der Waals surface area contributed by atoms with Crippen molar-refractivity contribution in [1.82, 2.24) is 4.31 Å². The third-order valence-corrected chi connectivity index (χ3v) is 6.07. The van der Waals surface area contributed by atoms with Gasteiger partial charge in [0.15, 0.2) is 0 Å². The van der Waals surface area contributed by atoms with Crippen LogP contribution >= 0.6 is 0 Å². The number of aliphatic hydroxyl groups is 2. The molecule has 0 aliphatic heterocycles. The molecule has 0 aliphatic rings. The summed E-state index contributed by atoms with van der Waals surface area (Å²) in [5.74, 6) is -35.4. The maximum Gasteiger partial charge on any atom is 0.438 e. The Hall–Kier alpha value is -1.36. The third-order valence-electron chi connectivity index (χ3n) is 4.13. The van der Waals surface area contributed by atoms with Gasteiger partial charge in [-0.1, -0.05) is 0 Å². The van der Waals surface area contributed by atoms with E-state index in [0.29, 0.717) is 0 Å². The maximum absolute atomic E-state index is 13.9. The molecule has 23 heteroatoms. The number of nitrogens with zero attached hydrogens (tertiary/aromatic N) is 1. The van der Waals surface area contributed by atoms with Crippen molar-refractivity contribution in [2.75, 3.05) is 26.3 Å². The summed E-state index contributed by atoms with van der Waals surface area (Å²) in [6.07, 6.45) is -16.6. The second-order valence-electron chi connectivity index (χ2n) is 6.32. The molecule has 0 aromatic heterocycles. The van der Waals surface area contributed by atoms with Crippen LogP contribution in [0.15, 0.2) is 0 Å². The zero-order valence-corrected chi connectivity index (χ0v) is 16.6. The summed E-state index contributed by atoms with van der Waals surface area (Å²) in [4.78, 5) is 0. The van der Waals surface area contributed by atoms with Crippen molar-refractivity contribution in [3.63, 3.8) is 0 Å². The summed E-state index contributed by atoms with van der Waals surface area (Å²) in [5.41, 5.74) is -8.75. The van der Waals surface area contributed by atoms with Crippen molar-refractivity contribution < 1.29 is 93.3 Å². The van der Waals surface area contributed by atoms with Crippen LogP contribution in [0, 0.1) is 0 Å². The Labute approximate surface area is 182 Å². The Balaban J connectivity index is 7.18. The zero-order chi connectivity index (χ0) is 28.9. The van der Waals surface area contributed by atoms with Gasteiger partial charge in [-0.2, -0.15) is 74.6 Å². The molecule has 0 unspecified atom stereocenters. The lowest BCUT2D eigenvalue weighted by atomic mass is 9.86. The molecule has 0 aliphatic carbocycles. The number of rotatable bonds is 11. The molecule has 212 valence electrons. The highest BCUT2D eigenvalue weighted by Gasteiger charge is 2.98. The summed E-state index contributed by atoms with van der Waals surface area (Å²) >= 11 is 0. The Morgan fingerprint density at radius 2 is 0.800 bits per heavy atom. The van der Waals surface area contributed by atoms with Gasteiger partial charge in [0.05, 0.1) is 13.2 Å². The second kappa shape index (κ2) is 9.19. The SMILES string of the molecule is O=S(=O)(N(CCO)CCO)C(F)(F)C(F)(F)C(F)(F)C(F)(F)C(F)(F)C(F)(C(F)(F)F)C(F)(F)F. The number of hydrogen-bond donors (Lipinski definition) is 2. The first-order valence-electron chi connectivity index (χ1n) is 7.95. The first-order chi connectivity index (χ1) is 15.0. The lowest BCUT2D eigenvalue weighted by Gasteiger charge is -2.44. The number of halogens is 17. The van der Waals surface area contributed by atoms with Crippen LogP contribution in [-0.2, 0) is 10.0 Å². The van der Waals surface area contributed by atoms with Crippen molar-refractivity contribution in [2.24, 2.45) is 0 Å². The third kappa shape index (κ3) is 4.49. The zero-order valence-electron chi connectivity index (χ0n) is 15.8. The molecule has 0 bridgehead atoms. The fraction of sp³-hybridized carbons (Fsp3) is 1.00. The average molecular weight is 587 g/mol. The molecule has 2 N–H and O–H groups in total. The van der Waals surface area contributed by atoms with Crippen LogP contribution in [0.5, 0.6) is 0 Å². The van der Waals surface area contributed by atoms with Gasteiger partial charge in [-0.3, -0.25) is 0 Å². The summed E-state index contributed by atoms with van der Waals surface area (Å²) in [7, 11) is -7.53. The number of alkyl halides is 17. The van der Waals surface area contributed by atoms with E-state index in [4.69, 9.17) is 10.2 Å². The minimum atomic E-state index is -9.01. The highest BCUT2D eigenvalue weighted by Crippen LogP contribution is 2.65. The smallest absolute Gasteiger partial charge is 0.395 e. The molecule has 0 radical (unpaired) electrons. The van der Waals surface area contributed by atoms with Crippen LogP contribution < -0.4 is 0 Å². The van der Waals surface area contributed by atoms with Crippen molar-refractivity contribution in [3.05, 3.63) is 0 Å². The molecule has 35 heavy (non-hydrogen) atoms. The highest BCUT2D eigenvalue weighted by atomic mass is 32.2. The first-order valence-corrected chi connectivity index (χ1v) is 9.39. The van der Waals surface area contributed by atoms with E-state index in [1.54, 1.807) is 0 Å². The highest BCUT2D eigenvalue weighted by molar-refractivity contribution is 7.90. The van der Waals surface area contributed by atoms with E-state index in [-0.39, 0.29) is 0 Å². The quantitative estimate of drug-likeness (QED) is 0.363. The van der Waals surface area contributed by atoms with Crippen LogP contribution in [0.3, 0.4) is 0 Å². The molecular formula is C12H10F17NO4S. The number of sulfonamides is 1. The lowest BCUT2D eigenvalue weighted by Crippen LogP contribution is -2.77. The molecule has 0 heterocycles. The summed E-state index contributed by atoms with van der Waals surface area (Å²) < 4.78 is 247. The van der Waals surface area contributed by atoms with E-state index in [1.165, 1.54) is 0 Å². The van der Waals surface area contributed by atoms with Gasteiger partial charge in [0.2, 0.25) is 0 Å². The lowest BCUT2D eigenvalue weighted by molar-refractivity contribution is -0.462. The largest absolute Gasteiger partial charge is 0.438 e. The van der Waals surface area contributed by atoms with Gasteiger partial charge in [-0.05, 0) is 0 Å². The van der Waals surface area contributed by atoms with Gasteiger partial charge in [-0.25, -0.2) is 12.8 Å². The molecule has 0 fully saturated rings. The monoisotopic (exact) mass is 587 g/mol. The van der Waals surface area contributed by atoms with Crippen molar-refractivity contribution in [1.29, 1.82) is 0 Å². The predicted molar refractivity (Wildman–Crippen MR) is 75.3 cm³/mol. The first kappa shape index (κ1) is 33.6. The Morgan fingerprint density at radius 3 is 1.06 bits per heavy atom. The Kier molecular flexibility index (Phi) is 8.83. The summed E-state index contributed by atoms with van der Waals surface area (Å²) in [6.45, 7) is -6.79. The molecule has 0 aromatic rings. The van der Waals surface area contributed by atoms with Gasteiger partial charge in [0.1, 0.15) is 0 Å². The predicted octanol–water partition coefficient (Wildman–Crippen LogP) is 3.57. The molecule has 5 nitrogen and oxygen atoms in total. The van der Waals surface area contributed by atoms with Crippen LogP contribution in [0.25, 0.3) is 0 Å². The minimum Gasteiger partial charge on any atom is -0.395 e. The summed E-state index contributed by atoms with van der Waals surface area (Å²) in [5, 5.41) is 9.23. The normalized spacial score (nSPS) is 16.2. The average Bonchev–Trinajstić information content (AvgIpc) is 2.64. The molecule has 0 rings (SSSR count). The van der Waals surface area contributed by atoms with Crippen molar-refractivity contribution >= 4 is 10.0 Å². The van der Waals surface area contributed by atoms with E-state index < -0.39 is 87.6 Å². The van der Waals surface area contributed by atoms with Crippen LogP contribution in [0.2, 0.25) is 0 Å². The van der Waals surface area contributed by atoms with Crippen LogP contribution in [0.1, 0.15) is 0 Å². The Morgan fingerprint density at radius 1 is 0.514 bits per heavy atom. The molecule has 0 amide bonds. The number of hydrogen-bond acceptors (Lipinski definition) is 4. The second-order valence-corrected chi connectivity index (χ2v) is 8.30. The topological polar surface area (TPSA) is 77.8 Å². The van der Waals surface area contributed by atoms with Gasteiger partial charge in [0, 0.05) is 13.1 Å². The van der Waals surface area contributed by atoms with Crippen molar-refractivity contribution in [3.8, 4) is 0 Å². The van der Waals surface area contributed by atoms with Gasteiger partial charge in [-0.15, -0.1) is 0 Å². The maximum atomic E-state index is 13.9. The fourth-order valence-electron chi connectivity index (χ4n) is 2.21. The van der Waals surface area contributed by atoms with E-state index in [2.05, 4.69) is 0 Å². The van der Waals surface area contributed by atoms with Crippen LogP contribution in [-0.4, -0.2) is 96.2 Å². The molecule has 0 saturated carbocycles. The van der Waals surface area contributed by atoms with E-state index in [1.807, 2.05) is 0 Å². The minimum absolute atomic E-state index is 1.18. The fourth-order valence-corrected chi connectivity index (χ4v) is 3.63. The standard InChI is InChI=1S/C12H10F17NO4S/c13-5(10(22,23)24,11(25,26)27)6(14,15)7(16,17)8(18,19)9(20,21)12(28,29)35(33,34)30(1-3-31)2-4-32/h31-32H,1-4H2. The number of aliphatic hydroxyl groups excluding tert-OH is 2. The summed E-state index contributed by atoms with van der Waals surface area (Å²) in [6, 6.07) is 0. The molecule has 0 saturated heterocycles. The van der Waals surface area contributed by atoms with E-state index in [9.17, 15) is 83.1 Å². The van der Waals surface area contributed by atoms with E-state index in [0.717, 1.165) is 0 Å². The molecular weight excluding hydrogens is 577 g/mol. The molecule has 0 aromatic carbocycles. The van der Waals surface area contributed by atoms with Crippen LogP contribution in [0.4, 0.5) is 74.6 Å². The molecule has 0 atom stereocenters. The van der Waals surface area contributed by atoms with Gasteiger partial charge < -0.3 is 10.2 Å². The Bertz CT molecular complexity index is 830. The van der Waals surface area contributed by atoms with Gasteiger partial charge in [0.25, 0.3) is 10.0 Å². The molecule has 0 spiro atoms. The van der Waals surface area contributed by atoms with Gasteiger partial charge >= 0.3 is 47.0 Å². The van der Waals surface area contributed by atoms with E-state index >= 15 is 0 Å². The van der Waals surface area contributed by atoms with Crippen molar-refractivity contribution in [2.45, 2.75) is 47.0 Å².